The molecular formula is C14H20N4O2. The van der Waals surface area contributed by atoms with E-state index in [4.69, 9.17) is 10.5 Å². The quantitative estimate of drug-likeness (QED) is 0.825. The fourth-order valence-corrected chi connectivity index (χ4v) is 2.15. The summed E-state index contributed by atoms with van der Waals surface area (Å²) in [6.07, 6.45) is 0. The van der Waals surface area contributed by atoms with Crippen molar-refractivity contribution in [3.8, 4) is 5.75 Å². The molecule has 0 unspecified atom stereocenters. The van der Waals surface area contributed by atoms with Gasteiger partial charge in [-0.25, -0.2) is 4.98 Å². The van der Waals surface area contributed by atoms with Crippen molar-refractivity contribution in [1.29, 1.82) is 0 Å². The molecule has 0 atom stereocenters. The fraction of sp³-hybridized carbons (Fsp3) is 0.429. The first-order valence-electron chi connectivity index (χ1n) is 6.78. The van der Waals surface area contributed by atoms with Crippen LogP contribution in [0.5, 0.6) is 5.75 Å². The number of imidazole rings is 1. The second-order valence-electron chi connectivity index (χ2n) is 4.37. The maximum absolute atomic E-state index is 11.4. The molecule has 0 aliphatic heterocycles. The summed E-state index contributed by atoms with van der Waals surface area (Å²) in [4.78, 5) is 15.9. The number of hydrogen-bond acceptors (Lipinski definition) is 4. The Hall–Kier alpha value is -2.08. The SMILES string of the molecule is CCNC(=O)COc1ccc2nc(CN)n(CC)c2c1. The smallest absolute Gasteiger partial charge is 0.257 e. The van der Waals surface area contributed by atoms with Gasteiger partial charge in [0.25, 0.3) is 5.91 Å². The van der Waals surface area contributed by atoms with Gasteiger partial charge in [0, 0.05) is 19.2 Å². The molecule has 0 saturated heterocycles. The van der Waals surface area contributed by atoms with Crippen LogP contribution in [0.4, 0.5) is 0 Å². The largest absolute Gasteiger partial charge is 0.484 e. The van der Waals surface area contributed by atoms with Crippen molar-refractivity contribution in [3.63, 3.8) is 0 Å². The number of nitrogens with two attached hydrogens (primary N) is 1. The van der Waals surface area contributed by atoms with Crippen LogP contribution in [0, 0.1) is 0 Å². The minimum absolute atomic E-state index is 0.0172. The maximum Gasteiger partial charge on any atom is 0.257 e. The summed E-state index contributed by atoms with van der Waals surface area (Å²) in [5.41, 5.74) is 7.55. The van der Waals surface area contributed by atoms with E-state index in [0.29, 0.717) is 18.8 Å². The molecule has 0 radical (unpaired) electrons. The topological polar surface area (TPSA) is 82.2 Å². The van der Waals surface area contributed by atoms with Gasteiger partial charge in [-0.1, -0.05) is 0 Å². The summed E-state index contributed by atoms with van der Waals surface area (Å²) < 4.78 is 7.54. The Kier molecular flexibility index (Phi) is 4.57. The van der Waals surface area contributed by atoms with Gasteiger partial charge in [-0.2, -0.15) is 0 Å². The number of amides is 1. The van der Waals surface area contributed by atoms with E-state index in [1.165, 1.54) is 0 Å². The van der Waals surface area contributed by atoms with E-state index in [9.17, 15) is 4.79 Å². The highest BCUT2D eigenvalue weighted by molar-refractivity contribution is 5.79. The van der Waals surface area contributed by atoms with Crippen LogP contribution in [0.3, 0.4) is 0 Å². The van der Waals surface area contributed by atoms with Gasteiger partial charge in [-0.05, 0) is 26.0 Å². The van der Waals surface area contributed by atoms with E-state index < -0.39 is 0 Å². The van der Waals surface area contributed by atoms with Gasteiger partial charge in [0.15, 0.2) is 6.61 Å². The highest BCUT2D eigenvalue weighted by Gasteiger charge is 2.09. The number of carbonyl (C=O) groups excluding carboxylic acids is 1. The van der Waals surface area contributed by atoms with Crippen molar-refractivity contribution in [3.05, 3.63) is 24.0 Å². The molecule has 6 heteroatoms. The van der Waals surface area contributed by atoms with E-state index >= 15 is 0 Å². The maximum atomic E-state index is 11.4. The zero-order valence-electron chi connectivity index (χ0n) is 11.8. The molecule has 2 aromatic rings. The molecule has 0 fully saturated rings. The van der Waals surface area contributed by atoms with Crippen LogP contribution in [0.1, 0.15) is 19.7 Å². The van der Waals surface area contributed by atoms with Gasteiger partial charge in [0.1, 0.15) is 11.6 Å². The second-order valence-corrected chi connectivity index (χ2v) is 4.37. The normalized spacial score (nSPS) is 10.8. The fourth-order valence-electron chi connectivity index (χ4n) is 2.15. The number of benzene rings is 1. The number of nitrogens with one attached hydrogen (secondary N) is 1. The number of rotatable bonds is 6. The Labute approximate surface area is 117 Å². The zero-order valence-corrected chi connectivity index (χ0v) is 11.8. The summed E-state index contributed by atoms with van der Waals surface area (Å²) in [5.74, 6) is 1.38. The van der Waals surface area contributed by atoms with Crippen molar-refractivity contribution in [1.82, 2.24) is 14.9 Å². The Morgan fingerprint density at radius 2 is 2.25 bits per heavy atom. The molecule has 3 N–H and O–H groups in total. The van der Waals surface area contributed by atoms with Crippen LogP contribution in [0.25, 0.3) is 11.0 Å². The van der Waals surface area contributed by atoms with E-state index in [1.807, 2.05) is 36.6 Å². The molecule has 0 bridgehead atoms. The number of fused-ring (bicyclic) bond motifs is 1. The summed E-state index contributed by atoms with van der Waals surface area (Å²) >= 11 is 0. The van der Waals surface area contributed by atoms with Crippen LogP contribution < -0.4 is 15.8 Å². The van der Waals surface area contributed by atoms with E-state index in [0.717, 1.165) is 23.4 Å². The van der Waals surface area contributed by atoms with Crippen molar-refractivity contribution < 1.29 is 9.53 Å². The number of carbonyl (C=O) groups is 1. The van der Waals surface area contributed by atoms with Gasteiger partial charge < -0.3 is 20.4 Å². The summed E-state index contributed by atoms with van der Waals surface area (Å²) in [7, 11) is 0. The Morgan fingerprint density at radius 3 is 2.90 bits per heavy atom. The molecule has 1 aromatic heterocycles. The summed E-state index contributed by atoms with van der Waals surface area (Å²) in [6.45, 7) is 5.73. The first kappa shape index (κ1) is 14.3. The number of aromatic nitrogens is 2. The molecular weight excluding hydrogens is 256 g/mol. The van der Waals surface area contributed by atoms with Crippen LogP contribution in [-0.2, 0) is 17.9 Å². The Morgan fingerprint density at radius 1 is 1.45 bits per heavy atom. The van der Waals surface area contributed by atoms with Crippen molar-refractivity contribution >= 4 is 16.9 Å². The molecule has 1 aromatic carbocycles. The Balaban J connectivity index is 2.22. The number of aryl methyl sites for hydroxylation is 1. The average molecular weight is 276 g/mol. The van der Waals surface area contributed by atoms with Crippen LogP contribution in [0.2, 0.25) is 0 Å². The highest BCUT2D eigenvalue weighted by Crippen LogP contribution is 2.22. The lowest BCUT2D eigenvalue weighted by Gasteiger charge is -2.07. The van der Waals surface area contributed by atoms with Gasteiger partial charge in [-0.15, -0.1) is 0 Å². The standard InChI is InChI=1S/C14H20N4O2/c1-3-16-14(19)9-20-10-5-6-11-12(7-10)18(4-2)13(8-15)17-11/h5-7H,3-4,8-9,15H2,1-2H3,(H,16,19). The zero-order chi connectivity index (χ0) is 14.5. The Bertz CT molecular complexity index is 606. The summed E-state index contributed by atoms with van der Waals surface area (Å²) in [6, 6.07) is 5.59. The molecule has 108 valence electrons. The minimum Gasteiger partial charge on any atom is -0.484 e. The molecule has 1 heterocycles. The van der Waals surface area contributed by atoms with Gasteiger partial charge in [0.2, 0.25) is 0 Å². The lowest BCUT2D eigenvalue weighted by molar-refractivity contribution is -0.122. The molecule has 20 heavy (non-hydrogen) atoms. The van der Waals surface area contributed by atoms with Gasteiger partial charge in [-0.3, -0.25) is 4.79 Å². The first-order chi connectivity index (χ1) is 9.69. The third-order valence-electron chi connectivity index (χ3n) is 3.04. The van der Waals surface area contributed by atoms with Crippen LogP contribution >= 0.6 is 0 Å². The van der Waals surface area contributed by atoms with Gasteiger partial charge >= 0.3 is 0 Å². The molecule has 6 nitrogen and oxygen atoms in total. The second kappa shape index (κ2) is 6.38. The number of ether oxygens (including phenoxy) is 1. The number of nitrogens with zero attached hydrogens (tertiary/aromatic N) is 2. The lowest BCUT2D eigenvalue weighted by atomic mass is 10.3. The van der Waals surface area contributed by atoms with E-state index in [2.05, 4.69) is 10.3 Å². The molecule has 1 amide bonds. The third-order valence-corrected chi connectivity index (χ3v) is 3.04. The number of hydrogen-bond donors (Lipinski definition) is 2. The highest BCUT2D eigenvalue weighted by atomic mass is 16.5. The predicted molar refractivity (Wildman–Crippen MR) is 77.5 cm³/mol. The van der Waals surface area contributed by atoms with Crippen molar-refractivity contribution in [2.45, 2.75) is 26.9 Å². The summed E-state index contributed by atoms with van der Waals surface area (Å²) in [5, 5.41) is 2.69. The molecule has 2 rings (SSSR count). The van der Waals surface area contributed by atoms with Gasteiger partial charge in [0.05, 0.1) is 17.6 Å². The molecule has 0 spiro atoms. The van der Waals surface area contributed by atoms with E-state index in [-0.39, 0.29) is 12.5 Å². The van der Waals surface area contributed by atoms with Crippen molar-refractivity contribution in [2.75, 3.05) is 13.2 Å². The van der Waals surface area contributed by atoms with E-state index in [1.54, 1.807) is 0 Å². The monoisotopic (exact) mass is 276 g/mol. The predicted octanol–water partition coefficient (Wildman–Crippen LogP) is 1.03. The molecule has 0 aliphatic carbocycles. The van der Waals surface area contributed by atoms with Crippen molar-refractivity contribution in [2.24, 2.45) is 5.73 Å². The number of likely N-dealkylation sites (N-methyl/N-ethyl adjacent to an activating group) is 1. The first-order valence-corrected chi connectivity index (χ1v) is 6.78. The average Bonchev–Trinajstić information content (AvgIpc) is 2.82. The van der Waals surface area contributed by atoms with Crippen LogP contribution in [-0.4, -0.2) is 28.6 Å². The van der Waals surface area contributed by atoms with Crippen LogP contribution in [0.15, 0.2) is 18.2 Å². The molecule has 0 aliphatic rings. The third kappa shape index (κ3) is 2.91. The molecule has 0 saturated carbocycles. The minimum atomic E-state index is -0.126. The lowest BCUT2D eigenvalue weighted by Crippen LogP contribution is -2.28.